The lowest BCUT2D eigenvalue weighted by Gasteiger charge is -2.26. The van der Waals surface area contributed by atoms with Gasteiger partial charge in [0.15, 0.2) is 0 Å². The Hall–Kier alpha value is -2.22. The molecule has 1 saturated heterocycles. The van der Waals surface area contributed by atoms with E-state index in [2.05, 4.69) is 21.6 Å². The number of ether oxygens (including phenoxy) is 1. The van der Waals surface area contributed by atoms with Crippen LogP contribution in [0.4, 0.5) is 5.69 Å². The number of rotatable bonds is 8. The number of thiophene rings is 1. The lowest BCUT2D eigenvalue weighted by atomic mass is 10.1. The highest BCUT2D eigenvalue weighted by molar-refractivity contribution is 7.12. The summed E-state index contributed by atoms with van der Waals surface area (Å²) < 4.78 is 5.33. The van der Waals surface area contributed by atoms with Crippen LogP contribution in [0.3, 0.4) is 0 Å². The average Bonchev–Trinajstić information content (AvgIpc) is 3.47. The molecule has 2 aromatic rings. The van der Waals surface area contributed by atoms with Gasteiger partial charge in [0.2, 0.25) is 5.91 Å². The minimum atomic E-state index is -0.0122. The Bertz CT molecular complexity index is 856. The topological polar surface area (TPSA) is 70.7 Å². The van der Waals surface area contributed by atoms with Crippen LogP contribution in [0.2, 0.25) is 0 Å². The van der Waals surface area contributed by atoms with Gasteiger partial charge in [0.1, 0.15) is 0 Å². The first-order valence-corrected chi connectivity index (χ1v) is 11.1. The van der Waals surface area contributed by atoms with E-state index in [1.54, 1.807) is 0 Å². The number of amides is 2. The van der Waals surface area contributed by atoms with Gasteiger partial charge in [-0.1, -0.05) is 12.1 Å². The van der Waals surface area contributed by atoms with Crippen molar-refractivity contribution < 1.29 is 14.3 Å². The Labute approximate surface area is 175 Å². The van der Waals surface area contributed by atoms with Crippen LogP contribution >= 0.6 is 11.3 Å². The van der Waals surface area contributed by atoms with Crippen molar-refractivity contribution in [3.8, 4) is 0 Å². The smallest absolute Gasteiger partial charge is 0.261 e. The monoisotopic (exact) mass is 413 g/mol. The molecule has 0 spiro atoms. The molecule has 1 saturated carbocycles. The molecule has 0 bridgehead atoms. The van der Waals surface area contributed by atoms with Crippen molar-refractivity contribution in [1.82, 2.24) is 10.2 Å². The van der Waals surface area contributed by atoms with Gasteiger partial charge in [-0.2, -0.15) is 0 Å². The normalized spacial score (nSPS) is 17.1. The van der Waals surface area contributed by atoms with Gasteiger partial charge in [-0.3, -0.25) is 14.5 Å². The lowest BCUT2D eigenvalue weighted by molar-refractivity contribution is -0.116. The van der Waals surface area contributed by atoms with Crippen LogP contribution < -0.4 is 10.6 Å². The molecule has 0 unspecified atom stereocenters. The Morgan fingerprint density at radius 2 is 2.00 bits per heavy atom. The molecule has 1 aliphatic carbocycles. The lowest BCUT2D eigenvalue weighted by Crippen LogP contribution is -2.38. The summed E-state index contributed by atoms with van der Waals surface area (Å²) in [6.45, 7) is 4.43. The first-order chi connectivity index (χ1) is 14.2. The fraction of sp³-hybridized carbons (Fsp3) is 0.455. The predicted molar refractivity (Wildman–Crippen MR) is 114 cm³/mol. The molecule has 29 heavy (non-hydrogen) atoms. The molecule has 2 N–H and O–H groups in total. The standard InChI is InChI=1S/C22H27N3O3S/c26-20(6-8-25-9-11-28-12-10-25)24-18-3-1-2-16(14-18)15-23-22(27)21-19(7-13-29-21)17-4-5-17/h1-3,7,13-14,17H,4-6,8-12,15H2,(H,23,27)(H,24,26). The van der Waals surface area contributed by atoms with E-state index in [1.165, 1.54) is 29.7 Å². The maximum Gasteiger partial charge on any atom is 0.261 e. The summed E-state index contributed by atoms with van der Waals surface area (Å²) in [7, 11) is 0. The molecule has 1 aliphatic heterocycles. The molecule has 2 heterocycles. The summed E-state index contributed by atoms with van der Waals surface area (Å²) in [5.74, 6) is 0.560. The van der Waals surface area contributed by atoms with Crippen LogP contribution in [-0.4, -0.2) is 49.6 Å². The molecule has 0 radical (unpaired) electrons. The second-order valence-electron chi connectivity index (χ2n) is 7.61. The highest BCUT2D eigenvalue weighted by Gasteiger charge is 2.28. The van der Waals surface area contributed by atoms with E-state index in [4.69, 9.17) is 4.74 Å². The summed E-state index contributed by atoms with van der Waals surface area (Å²) >= 11 is 1.51. The van der Waals surface area contributed by atoms with Crippen LogP contribution in [0.25, 0.3) is 0 Å². The summed E-state index contributed by atoms with van der Waals surface area (Å²) in [6, 6.07) is 9.73. The largest absolute Gasteiger partial charge is 0.379 e. The molecule has 1 aromatic heterocycles. The van der Waals surface area contributed by atoms with Gasteiger partial charge in [-0.25, -0.2) is 0 Å². The van der Waals surface area contributed by atoms with Crippen LogP contribution in [0.1, 0.15) is 46.0 Å². The van der Waals surface area contributed by atoms with Gasteiger partial charge in [0.25, 0.3) is 5.91 Å². The first-order valence-electron chi connectivity index (χ1n) is 10.2. The molecular formula is C22H27N3O3S. The molecule has 6 nitrogen and oxygen atoms in total. The maximum atomic E-state index is 12.5. The fourth-order valence-electron chi connectivity index (χ4n) is 3.55. The highest BCUT2D eigenvalue weighted by Crippen LogP contribution is 2.43. The Morgan fingerprint density at radius 3 is 2.79 bits per heavy atom. The van der Waals surface area contributed by atoms with Crippen LogP contribution in [0.5, 0.6) is 0 Å². The van der Waals surface area contributed by atoms with Crippen molar-refractivity contribution in [2.24, 2.45) is 0 Å². The minimum absolute atomic E-state index is 0.00494. The number of morpholine rings is 1. The average molecular weight is 414 g/mol. The maximum absolute atomic E-state index is 12.5. The number of carbonyl (C=O) groups is 2. The molecule has 2 amide bonds. The molecule has 1 aromatic carbocycles. The number of nitrogens with zero attached hydrogens (tertiary/aromatic N) is 1. The van der Waals surface area contributed by atoms with Gasteiger partial charge in [-0.05, 0) is 53.5 Å². The van der Waals surface area contributed by atoms with E-state index in [-0.39, 0.29) is 11.8 Å². The second-order valence-corrected chi connectivity index (χ2v) is 8.53. The molecule has 0 atom stereocenters. The SMILES string of the molecule is O=C(CCN1CCOCC1)Nc1cccc(CNC(=O)c2sccc2C2CC2)c1. The van der Waals surface area contributed by atoms with E-state index in [0.717, 1.165) is 49.0 Å². The van der Waals surface area contributed by atoms with E-state index in [1.807, 2.05) is 29.6 Å². The Kier molecular flexibility index (Phi) is 6.59. The van der Waals surface area contributed by atoms with E-state index in [9.17, 15) is 9.59 Å². The Balaban J connectivity index is 1.26. The summed E-state index contributed by atoms with van der Waals surface area (Å²) in [5.41, 5.74) is 2.92. The number of hydrogen-bond donors (Lipinski definition) is 2. The van der Waals surface area contributed by atoms with Crippen molar-refractivity contribution in [2.45, 2.75) is 31.7 Å². The molecule has 2 aliphatic rings. The number of benzene rings is 1. The fourth-order valence-corrected chi connectivity index (χ4v) is 4.45. The summed E-state index contributed by atoms with van der Waals surface area (Å²) in [5, 5.41) is 7.97. The molecule has 4 rings (SSSR count). The summed E-state index contributed by atoms with van der Waals surface area (Å²) in [4.78, 5) is 27.9. The van der Waals surface area contributed by atoms with Crippen LogP contribution in [0, 0.1) is 0 Å². The van der Waals surface area contributed by atoms with Gasteiger partial charge < -0.3 is 15.4 Å². The zero-order chi connectivity index (χ0) is 20.1. The highest BCUT2D eigenvalue weighted by atomic mass is 32.1. The summed E-state index contributed by atoms with van der Waals surface area (Å²) in [6.07, 6.45) is 2.83. The molecular weight excluding hydrogens is 386 g/mol. The quantitative estimate of drug-likeness (QED) is 0.697. The third-order valence-corrected chi connectivity index (χ3v) is 6.27. The second kappa shape index (κ2) is 9.52. The third kappa shape index (κ3) is 5.65. The van der Waals surface area contributed by atoms with Gasteiger partial charge in [0.05, 0.1) is 18.1 Å². The third-order valence-electron chi connectivity index (χ3n) is 5.34. The van der Waals surface area contributed by atoms with E-state index < -0.39 is 0 Å². The minimum Gasteiger partial charge on any atom is -0.379 e. The van der Waals surface area contributed by atoms with E-state index >= 15 is 0 Å². The number of carbonyl (C=O) groups excluding carboxylic acids is 2. The van der Waals surface area contributed by atoms with Gasteiger partial charge >= 0.3 is 0 Å². The van der Waals surface area contributed by atoms with Crippen LogP contribution in [0.15, 0.2) is 35.7 Å². The van der Waals surface area contributed by atoms with Crippen molar-refractivity contribution in [1.29, 1.82) is 0 Å². The Morgan fingerprint density at radius 1 is 1.17 bits per heavy atom. The molecule has 154 valence electrons. The zero-order valence-corrected chi connectivity index (χ0v) is 17.3. The zero-order valence-electron chi connectivity index (χ0n) is 16.5. The van der Waals surface area contributed by atoms with Crippen molar-refractivity contribution in [2.75, 3.05) is 38.2 Å². The van der Waals surface area contributed by atoms with Crippen molar-refractivity contribution in [3.05, 3.63) is 51.7 Å². The number of anilines is 1. The van der Waals surface area contributed by atoms with E-state index in [0.29, 0.717) is 18.9 Å². The number of nitrogens with one attached hydrogen (secondary N) is 2. The number of hydrogen-bond acceptors (Lipinski definition) is 5. The van der Waals surface area contributed by atoms with Gasteiger partial charge in [-0.15, -0.1) is 11.3 Å². The van der Waals surface area contributed by atoms with Gasteiger partial charge in [0, 0.05) is 38.3 Å². The van der Waals surface area contributed by atoms with Crippen molar-refractivity contribution in [3.63, 3.8) is 0 Å². The predicted octanol–water partition coefficient (Wildman–Crippen LogP) is 3.22. The molecule has 7 heteroatoms. The first kappa shape index (κ1) is 20.1. The van der Waals surface area contributed by atoms with Crippen molar-refractivity contribution >= 4 is 28.8 Å². The molecule has 2 fully saturated rings. The van der Waals surface area contributed by atoms with Crippen LogP contribution in [-0.2, 0) is 16.1 Å².